The average Bonchev–Trinajstić information content (AvgIpc) is 3.04. The summed E-state index contributed by atoms with van der Waals surface area (Å²) in [5, 5.41) is 5.78. The van der Waals surface area contributed by atoms with Crippen LogP contribution < -0.4 is 15.5 Å². The van der Waals surface area contributed by atoms with Gasteiger partial charge in [-0.05, 0) is 69.0 Å². The number of benzene rings is 3. The maximum absolute atomic E-state index is 14.2. The summed E-state index contributed by atoms with van der Waals surface area (Å²) >= 11 is 4.31. The van der Waals surface area contributed by atoms with E-state index in [2.05, 4.69) is 23.3 Å². The smallest absolute Gasteiger partial charge is 0.319 e. The normalized spacial score (nSPS) is 16.9. The number of hydrogen-bond acceptors (Lipinski definition) is 4. The van der Waals surface area contributed by atoms with Crippen molar-refractivity contribution in [2.24, 2.45) is 0 Å². The van der Waals surface area contributed by atoms with Gasteiger partial charge in [0.15, 0.2) is 0 Å². The van der Waals surface area contributed by atoms with Gasteiger partial charge in [-0.3, -0.25) is 9.59 Å². The van der Waals surface area contributed by atoms with Crippen LogP contribution in [0.25, 0.3) is 0 Å². The molecule has 0 spiro atoms. The van der Waals surface area contributed by atoms with Crippen LogP contribution in [0.5, 0.6) is 0 Å². The fraction of sp³-hybridized carbons (Fsp3) is 0.344. The standard InChI is InChI=1S/C32H38N4O3S/c1-21(2)36(22(3)4)30(37)19-35-29-16-9-8-15-26(29)27(24-12-6-5-7-13-24)18-28(31(35)38)34-32(39)33-25-14-10-11-23(17-25)20-40/h5-17,21-22,27-28,40H,18-20H2,1-4H3,(H2,33,34,39). The van der Waals surface area contributed by atoms with E-state index in [1.54, 1.807) is 15.9 Å². The van der Waals surface area contributed by atoms with Crippen LogP contribution in [-0.2, 0) is 15.3 Å². The Balaban J connectivity index is 1.70. The number of nitrogens with zero attached hydrogens (tertiary/aromatic N) is 2. The van der Waals surface area contributed by atoms with E-state index in [1.807, 2.05) is 100 Å². The first-order chi connectivity index (χ1) is 19.2. The van der Waals surface area contributed by atoms with Crippen molar-refractivity contribution >= 4 is 41.8 Å². The summed E-state index contributed by atoms with van der Waals surface area (Å²) in [6, 6.07) is 23.7. The monoisotopic (exact) mass is 558 g/mol. The van der Waals surface area contributed by atoms with E-state index >= 15 is 0 Å². The molecule has 2 atom stereocenters. The average molecular weight is 559 g/mol. The molecule has 4 rings (SSSR count). The Morgan fingerprint density at radius 1 is 0.950 bits per heavy atom. The first-order valence-corrected chi connectivity index (χ1v) is 14.4. The largest absolute Gasteiger partial charge is 0.336 e. The molecule has 0 saturated carbocycles. The highest BCUT2D eigenvalue weighted by atomic mass is 32.1. The number of thiol groups is 1. The minimum Gasteiger partial charge on any atom is -0.336 e. The van der Waals surface area contributed by atoms with Crippen LogP contribution in [0, 0.1) is 0 Å². The zero-order valence-corrected chi connectivity index (χ0v) is 24.4. The number of urea groups is 1. The highest BCUT2D eigenvalue weighted by molar-refractivity contribution is 7.79. The second-order valence-corrected chi connectivity index (χ2v) is 11.0. The van der Waals surface area contributed by atoms with Crippen molar-refractivity contribution in [2.75, 3.05) is 16.8 Å². The number of carbonyl (C=O) groups excluding carboxylic acids is 3. The molecule has 1 heterocycles. The van der Waals surface area contributed by atoms with E-state index in [0.29, 0.717) is 23.5 Å². The number of nitrogens with one attached hydrogen (secondary N) is 2. The predicted octanol–water partition coefficient (Wildman–Crippen LogP) is 5.82. The third-order valence-electron chi connectivity index (χ3n) is 7.21. The first kappa shape index (κ1) is 29.2. The molecule has 2 N–H and O–H groups in total. The minimum absolute atomic E-state index is 0.0189. The fourth-order valence-corrected chi connectivity index (χ4v) is 5.74. The Hall–Kier alpha value is -3.78. The first-order valence-electron chi connectivity index (χ1n) is 13.7. The number of hydrogen-bond donors (Lipinski definition) is 3. The van der Waals surface area contributed by atoms with Gasteiger partial charge in [-0.1, -0.05) is 60.7 Å². The van der Waals surface area contributed by atoms with Crippen molar-refractivity contribution in [3.8, 4) is 0 Å². The molecule has 0 aliphatic carbocycles. The summed E-state index contributed by atoms with van der Waals surface area (Å²) < 4.78 is 0. The summed E-state index contributed by atoms with van der Waals surface area (Å²) in [5.74, 6) is -0.0724. The van der Waals surface area contributed by atoms with Gasteiger partial charge in [0.05, 0.1) is 0 Å². The van der Waals surface area contributed by atoms with Gasteiger partial charge in [0.25, 0.3) is 0 Å². The minimum atomic E-state index is -0.856. The van der Waals surface area contributed by atoms with Crippen LogP contribution in [0.3, 0.4) is 0 Å². The summed E-state index contributed by atoms with van der Waals surface area (Å²) in [6.45, 7) is 7.77. The molecule has 0 saturated heterocycles. The van der Waals surface area contributed by atoms with Crippen LogP contribution in [0.1, 0.15) is 56.7 Å². The maximum atomic E-state index is 14.2. The lowest BCUT2D eigenvalue weighted by Crippen LogP contribution is -2.53. The Morgan fingerprint density at radius 2 is 1.62 bits per heavy atom. The van der Waals surface area contributed by atoms with Crippen LogP contribution in [0.15, 0.2) is 78.9 Å². The molecule has 3 aromatic rings. The van der Waals surface area contributed by atoms with Crippen molar-refractivity contribution < 1.29 is 14.4 Å². The predicted molar refractivity (Wildman–Crippen MR) is 164 cm³/mol. The number of para-hydroxylation sites is 1. The van der Waals surface area contributed by atoms with Gasteiger partial charge in [0, 0.05) is 35.1 Å². The number of fused-ring (bicyclic) bond motifs is 1. The fourth-order valence-electron chi connectivity index (χ4n) is 5.55. The van der Waals surface area contributed by atoms with Crippen LogP contribution in [0.2, 0.25) is 0 Å². The third kappa shape index (κ3) is 6.67. The van der Waals surface area contributed by atoms with Gasteiger partial charge in [0.2, 0.25) is 11.8 Å². The Morgan fingerprint density at radius 3 is 2.30 bits per heavy atom. The topological polar surface area (TPSA) is 81.8 Å². The highest BCUT2D eigenvalue weighted by Crippen LogP contribution is 2.39. The summed E-state index contributed by atoms with van der Waals surface area (Å²) in [7, 11) is 0. The number of carbonyl (C=O) groups is 3. The van der Waals surface area contributed by atoms with E-state index < -0.39 is 12.1 Å². The van der Waals surface area contributed by atoms with Gasteiger partial charge in [-0.25, -0.2) is 4.79 Å². The number of anilines is 2. The molecule has 4 amide bonds. The van der Waals surface area contributed by atoms with Gasteiger partial charge in [-0.15, -0.1) is 0 Å². The lowest BCUT2D eigenvalue weighted by molar-refractivity contribution is -0.134. The number of rotatable bonds is 8. The molecular formula is C32H38N4O3S. The quantitative estimate of drug-likeness (QED) is 0.305. The Bertz CT molecular complexity index is 1340. The summed E-state index contributed by atoms with van der Waals surface area (Å²) in [6.07, 6.45) is 0.354. The molecule has 0 fully saturated rings. The van der Waals surface area contributed by atoms with E-state index in [-0.39, 0.29) is 36.4 Å². The van der Waals surface area contributed by atoms with Gasteiger partial charge < -0.3 is 20.4 Å². The van der Waals surface area contributed by atoms with Gasteiger partial charge >= 0.3 is 6.03 Å². The van der Waals surface area contributed by atoms with Gasteiger partial charge in [0.1, 0.15) is 12.6 Å². The molecule has 1 aliphatic rings. The van der Waals surface area contributed by atoms with Crippen LogP contribution in [0.4, 0.5) is 16.2 Å². The molecule has 8 heteroatoms. The number of amides is 4. The second kappa shape index (κ2) is 13.0. The lowest BCUT2D eigenvalue weighted by Gasteiger charge is -2.34. The van der Waals surface area contributed by atoms with E-state index in [4.69, 9.17) is 0 Å². The zero-order valence-electron chi connectivity index (χ0n) is 23.5. The van der Waals surface area contributed by atoms with Crippen LogP contribution in [-0.4, -0.2) is 47.4 Å². The third-order valence-corrected chi connectivity index (χ3v) is 7.57. The molecule has 0 bridgehead atoms. The molecule has 40 heavy (non-hydrogen) atoms. The van der Waals surface area contributed by atoms with E-state index in [9.17, 15) is 14.4 Å². The zero-order chi connectivity index (χ0) is 28.8. The van der Waals surface area contributed by atoms with Crippen molar-refractivity contribution in [1.29, 1.82) is 0 Å². The lowest BCUT2D eigenvalue weighted by atomic mass is 9.86. The summed E-state index contributed by atoms with van der Waals surface area (Å²) in [4.78, 5) is 44.3. The van der Waals surface area contributed by atoms with E-state index in [0.717, 1.165) is 16.7 Å². The highest BCUT2D eigenvalue weighted by Gasteiger charge is 2.38. The SMILES string of the molecule is CC(C)N(C(=O)CN1C(=O)C(NC(=O)Nc2cccc(CS)c2)CC(c2ccccc2)c2ccccc21)C(C)C. The molecule has 3 aromatic carbocycles. The van der Waals surface area contributed by atoms with Crippen molar-refractivity contribution in [1.82, 2.24) is 10.2 Å². The molecule has 7 nitrogen and oxygen atoms in total. The van der Waals surface area contributed by atoms with Crippen molar-refractivity contribution in [3.05, 3.63) is 95.6 Å². The van der Waals surface area contributed by atoms with Crippen LogP contribution >= 0.6 is 12.6 Å². The van der Waals surface area contributed by atoms with Crippen molar-refractivity contribution in [3.63, 3.8) is 0 Å². The second-order valence-electron chi connectivity index (χ2n) is 10.7. The van der Waals surface area contributed by atoms with E-state index in [1.165, 1.54) is 0 Å². The Kier molecular flexibility index (Phi) is 9.53. The van der Waals surface area contributed by atoms with Gasteiger partial charge in [-0.2, -0.15) is 12.6 Å². The molecule has 2 unspecified atom stereocenters. The molecule has 1 aliphatic heterocycles. The van der Waals surface area contributed by atoms with Crippen molar-refractivity contribution in [2.45, 2.75) is 63.9 Å². The molecule has 210 valence electrons. The summed E-state index contributed by atoms with van der Waals surface area (Å²) in [5.41, 5.74) is 4.26. The maximum Gasteiger partial charge on any atom is 0.319 e. The molecule has 0 radical (unpaired) electrons. The Labute approximate surface area is 242 Å². The molecular weight excluding hydrogens is 520 g/mol. The molecule has 0 aromatic heterocycles.